The highest BCUT2D eigenvalue weighted by molar-refractivity contribution is 7.91. The molecule has 0 saturated heterocycles. The maximum Gasteiger partial charge on any atom is 0.165 e. The van der Waals surface area contributed by atoms with E-state index in [1.165, 1.54) is 12.1 Å². The maximum atomic E-state index is 13.8. The number of hydrogen-bond acceptors (Lipinski definition) is 4. The average Bonchev–Trinajstić information content (AvgIpc) is 2.41. The molecule has 0 aliphatic heterocycles. The van der Waals surface area contributed by atoms with Crippen molar-refractivity contribution in [2.24, 2.45) is 5.73 Å². The molecule has 20 heavy (non-hydrogen) atoms. The van der Waals surface area contributed by atoms with Gasteiger partial charge >= 0.3 is 0 Å². The highest BCUT2D eigenvalue weighted by atomic mass is 32.2. The number of rotatable bonds is 8. The van der Waals surface area contributed by atoms with Crippen molar-refractivity contribution >= 4 is 9.84 Å². The van der Waals surface area contributed by atoms with Crippen LogP contribution in [0.3, 0.4) is 0 Å². The summed E-state index contributed by atoms with van der Waals surface area (Å²) in [6.45, 7) is 3.51. The largest absolute Gasteiger partial charge is 0.489 e. The van der Waals surface area contributed by atoms with Crippen LogP contribution in [0.4, 0.5) is 4.39 Å². The molecule has 1 unspecified atom stereocenters. The van der Waals surface area contributed by atoms with Crippen LogP contribution in [0.5, 0.6) is 5.75 Å². The molecule has 0 saturated carbocycles. The lowest BCUT2D eigenvalue weighted by atomic mass is 10.0. The molecule has 0 radical (unpaired) electrons. The smallest absolute Gasteiger partial charge is 0.165 e. The van der Waals surface area contributed by atoms with Gasteiger partial charge < -0.3 is 10.5 Å². The first-order valence-corrected chi connectivity index (χ1v) is 8.57. The van der Waals surface area contributed by atoms with Crippen LogP contribution in [-0.4, -0.2) is 32.6 Å². The van der Waals surface area contributed by atoms with E-state index in [1.54, 1.807) is 13.0 Å². The fourth-order valence-corrected chi connectivity index (χ4v) is 2.28. The van der Waals surface area contributed by atoms with Gasteiger partial charge in [-0.05, 0) is 30.5 Å². The van der Waals surface area contributed by atoms with Gasteiger partial charge in [-0.15, -0.1) is 0 Å². The van der Waals surface area contributed by atoms with Crippen molar-refractivity contribution in [3.05, 3.63) is 29.6 Å². The molecule has 0 spiro atoms. The standard InChI is InChI=1S/C14H22FNO3S/c1-3-12(16)9-11-5-6-14(13(15)10-11)19-7-8-20(17,18)4-2/h5-6,10,12H,3-4,7-9,16H2,1-2H3. The Kier molecular flexibility index (Phi) is 6.42. The summed E-state index contributed by atoms with van der Waals surface area (Å²) in [6, 6.07) is 4.67. The van der Waals surface area contributed by atoms with Crippen molar-refractivity contribution in [1.29, 1.82) is 0 Å². The number of hydrogen-bond donors (Lipinski definition) is 1. The highest BCUT2D eigenvalue weighted by Gasteiger charge is 2.10. The second-order valence-electron chi connectivity index (χ2n) is 4.72. The van der Waals surface area contributed by atoms with Gasteiger partial charge in [0, 0.05) is 11.8 Å². The first-order valence-electron chi connectivity index (χ1n) is 6.75. The van der Waals surface area contributed by atoms with Crippen molar-refractivity contribution in [3.63, 3.8) is 0 Å². The molecule has 114 valence electrons. The lowest BCUT2D eigenvalue weighted by Gasteiger charge is -2.11. The third-order valence-electron chi connectivity index (χ3n) is 3.11. The van der Waals surface area contributed by atoms with Crippen molar-refractivity contribution in [1.82, 2.24) is 0 Å². The fraction of sp³-hybridized carbons (Fsp3) is 0.571. The minimum Gasteiger partial charge on any atom is -0.489 e. The molecule has 0 heterocycles. The second kappa shape index (κ2) is 7.59. The van der Waals surface area contributed by atoms with Gasteiger partial charge in [0.2, 0.25) is 0 Å². The zero-order valence-electron chi connectivity index (χ0n) is 11.9. The van der Waals surface area contributed by atoms with Gasteiger partial charge in [-0.2, -0.15) is 0 Å². The topological polar surface area (TPSA) is 69.4 Å². The lowest BCUT2D eigenvalue weighted by Crippen LogP contribution is -2.21. The number of benzene rings is 1. The molecule has 0 amide bonds. The van der Waals surface area contributed by atoms with Crippen LogP contribution in [0.1, 0.15) is 25.8 Å². The quantitative estimate of drug-likeness (QED) is 0.796. The summed E-state index contributed by atoms with van der Waals surface area (Å²) >= 11 is 0. The van der Waals surface area contributed by atoms with E-state index in [9.17, 15) is 12.8 Å². The van der Waals surface area contributed by atoms with Crippen molar-refractivity contribution < 1.29 is 17.5 Å². The Morgan fingerprint density at radius 1 is 1.35 bits per heavy atom. The van der Waals surface area contributed by atoms with Crippen molar-refractivity contribution in [2.45, 2.75) is 32.7 Å². The molecule has 1 rings (SSSR count). The molecule has 0 aromatic heterocycles. The van der Waals surface area contributed by atoms with Crippen LogP contribution < -0.4 is 10.5 Å². The normalized spacial score (nSPS) is 13.2. The Morgan fingerprint density at radius 2 is 2.05 bits per heavy atom. The van der Waals surface area contributed by atoms with E-state index in [0.717, 1.165) is 12.0 Å². The summed E-state index contributed by atoms with van der Waals surface area (Å²) in [7, 11) is -3.09. The predicted molar refractivity (Wildman–Crippen MR) is 78.2 cm³/mol. The van der Waals surface area contributed by atoms with Crippen LogP contribution >= 0.6 is 0 Å². The predicted octanol–water partition coefficient (Wildman–Crippen LogP) is 1.92. The van der Waals surface area contributed by atoms with E-state index < -0.39 is 15.7 Å². The van der Waals surface area contributed by atoms with E-state index in [4.69, 9.17) is 10.5 Å². The zero-order valence-corrected chi connectivity index (χ0v) is 12.7. The minimum absolute atomic E-state index is 0.0101. The summed E-state index contributed by atoms with van der Waals surface area (Å²) in [5.41, 5.74) is 6.63. The van der Waals surface area contributed by atoms with E-state index in [2.05, 4.69) is 0 Å². The van der Waals surface area contributed by atoms with Gasteiger partial charge in [-0.25, -0.2) is 12.8 Å². The van der Waals surface area contributed by atoms with Gasteiger partial charge in [0.25, 0.3) is 0 Å². The van der Waals surface area contributed by atoms with E-state index in [0.29, 0.717) is 6.42 Å². The molecular formula is C14H22FNO3S. The Balaban J connectivity index is 2.60. The first-order chi connectivity index (χ1) is 9.38. The third kappa shape index (κ3) is 5.46. The molecule has 1 aromatic rings. The van der Waals surface area contributed by atoms with Gasteiger partial charge in [-0.3, -0.25) is 0 Å². The summed E-state index contributed by atoms with van der Waals surface area (Å²) < 4.78 is 41.6. The summed E-state index contributed by atoms with van der Waals surface area (Å²) in [4.78, 5) is 0. The summed E-state index contributed by atoms with van der Waals surface area (Å²) in [5, 5.41) is 0. The van der Waals surface area contributed by atoms with Crippen LogP contribution in [0.2, 0.25) is 0 Å². The Hall–Kier alpha value is -1.14. The van der Waals surface area contributed by atoms with E-state index in [1.807, 2.05) is 6.92 Å². The molecular weight excluding hydrogens is 281 g/mol. The number of nitrogens with two attached hydrogens (primary N) is 1. The molecule has 6 heteroatoms. The zero-order chi connectivity index (χ0) is 15.2. The molecule has 0 bridgehead atoms. The van der Waals surface area contributed by atoms with Gasteiger partial charge in [-0.1, -0.05) is 19.9 Å². The fourth-order valence-electron chi connectivity index (χ4n) is 1.66. The van der Waals surface area contributed by atoms with Crippen LogP contribution in [0.15, 0.2) is 18.2 Å². The molecule has 2 N–H and O–H groups in total. The summed E-state index contributed by atoms with van der Waals surface area (Å²) in [6.07, 6.45) is 1.44. The Morgan fingerprint density at radius 3 is 2.60 bits per heavy atom. The molecule has 1 atom stereocenters. The SMILES string of the molecule is CCC(N)Cc1ccc(OCCS(=O)(=O)CC)c(F)c1. The first kappa shape index (κ1) is 16.9. The third-order valence-corrected chi connectivity index (χ3v) is 4.78. The Labute approximate surface area is 120 Å². The molecule has 0 aliphatic carbocycles. The monoisotopic (exact) mass is 303 g/mol. The molecule has 4 nitrogen and oxygen atoms in total. The summed E-state index contributed by atoms with van der Waals surface area (Å²) in [5.74, 6) is -0.456. The van der Waals surface area contributed by atoms with Gasteiger partial charge in [0.15, 0.2) is 21.4 Å². The second-order valence-corrected chi connectivity index (χ2v) is 7.19. The van der Waals surface area contributed by atoms with E-state index >= 15 is 0 Å². The number of halogens is 1. The molecule has 0 aliphatic rings. The minimum atomic E-state index is -3.09. The van der Waals surface area contributed by atoms with Gasteiger partial charge in [0.05, 0.1) is 5.75 Å². The Bertz CT molecular complexity index is 531. The van der Waals surface area contributed by atoms with Crippen LogP contribution in [-0.2, 0) is 16.3 Å². The molecule has 1 aromatic carbocycles. The van der Waals surface area contributed by atoms with Crippen LogP contribution in [0, 0.1) is 5.82 Å². The average molecular weight is 303 g/mol. The van der Waals surface area contributed by atoms with Crippen molar-refractivity contribution in [3.8, 4) is 5.75 Å². The van der Waals surface area contributed by atoms with Crippen LogP contribution in [0.25, 0.3) is 0 Å². The van der Waals surface area contributed by atoms with Gasteiger partial charge in [0.1, 0.15) is 6.61 Å². The van der Waals surface area contributed by atoms with Crippen molar-refractivity contribution in [2.75, 3.05) is 18.1 Å². The highest BCUT2D eigenvalue weighted by Crippen LogP contribution is 2.19. The number of ether oxygens (including phenoxy) is 1. The van der Waals surface area contributed by atoms with E-state index in [-0.39, 0.29) is 29.9 Å². The maximum absolute atomic E-state index is 13.8. The lowest BCUT2D eigenvalue weighted by molar-refractivity contribution is 0.322. The number of sulfone groups is 1. The molecule has 0 fully saturated rings.